The molecule has 0 spiro atoms. The van der Waals surface area contributed by atoms with E-state index < -0.39 is 17.5 Å². The second-order valence-electron chi connectivity index (χ2n) is 3.26. The van der Waals surface area contributed by atoms with Gasteiger partial charge in [-0.15, -0.1) is 11.6 Å². The predicted molar refractivity (Wildman–Crippen MR) is 54.9 cm³/mol. The van der Waals surface area contributed by atoms with E-state index in [0.29, 0.717) is 6.07 Å². The highest BCUT2D eigenvalue weighted by atomic mass is 35.5. The molecule has 0 unspecified atom stereocenters. The van der Waals surface area contributed by atoms with Gasteiger partial charge in [0.1, 0.15) is 18.3 Å². The van der Waals surface area contributed by atoms with Gasteiger partial charge < -0.3 is 9.64 Å². The molecule has 0 fully saturated rings. The topological polar surface area (TPSA) is 29.5 Å². The fourth-order valence-electron chi connectivity index (χ4n) is 1.58. The Morgan fingerprint density at radius 2 is 2.25 bits per heavy atom. The van der Waals surface area contributed by atoms with E-state index in [2.05, 4.69) is 0 Å². The zero-order valence-corrected chi connectivity index (χ0v) is 8.93. The minimum Gasteiger partial charge on any atom is -0.486 e. The third-order valence-electron chi connectivity index (χ3n) is 2.26. The lowest BCUT2D eigenvalue weighted by atomic mass is 10.2. The number of benzene rings is 1. The number of rotatable bonds is 1. The van der Waals surface area contributed by atoms with Crippen LogP contribution in [0.2, 0.25) is 0 Å². The predicted octanol–water partition coefficient (Wildman–Crippen LogP) is 1.93. The lowest BCUT2D eigenvalue weighted by Gasteiger charge is -2.29. The Bertz CT molecular complexity index is 439. The Morgan fingerprint density at radius 3 is 2.94 bits per heavy atom. The van der Waals surface area contributed by atoms with E-state index in [1.54, 1.807) is 0 Å². The SMILES string of the molecule is O=C(CCl)N1CCOc2c(F)cc(F)cc21. The van der Waals surface area contributed by atoms with E-state index in [9.17, 15) is 13.6 Å². The van der Waals surface area contributed by atoms with Gasteiger partial charge in [-0.25, -0.2) is 8.78 Å². The van der Waals surface area contributed by atoms with Crippen molar-refractivity contribution in [3.8, 4) is 5.75 Å². The van der Waals surface area contributed by atoms with E-state index in [-0.39, 0.29) is 30.5 Å². The van der Waals surface area contributed by atoms with E-state index in [0.717, 1.165) is 6.07 Å². The molecule has 0 aromatic heterocycles. The van der Waals surface area contributed by atoms with E-state index >= 15 is 0 Å². The quantitative estimate of drug-likeness (QED) is 0.710. The van der Waals surface area contributed by atoms with Crippen LogP contribution >= 0.6 is 11.6 Å². The second-order valence-corrected chi connectivity index (χ2v) is 3.53. The molecule has 0 radical (unpaired) electrons. The van der Waals surface area contributed by atoms with Crippen molar-refractivity contribution in [1.82, 2.24) is 0 Å². The first kappa shape index (κ1) is 11.1. The third-order valence-corrected chi connectivity index (χ3v) is 2.48. The van der Waals surface area contributed by atoms with Crippen molar-refractivity contribution in [2.75, 3.05) is 23.9 Å². The summed E-state index contributed by atoms with van der Waals surface area (Å²) in [6.45, 7) is 0.402. The third kappa shape index (κ3) is 1.82. The van der Waals surface area contributed by atoms with E-state index in [1.807, 2.05) is 0 Å². The minimum absolute atomic E-state index is 0.0920. The number of hydrogen-bond acceptors (Lipinski definition) is 2. The number of carbonyl (C=O) groups is 1. The molecule has 3 nitrogen and oxygen atoms in total. The fraction of sp³-hybridized carbons (Fsp3) is 0.300. The molecule has 0 atom stereocenters. The number of ether oxygens (including phenoxy) is 1. The molecular weight excluding hydrogens is 240 g/mol. The zero-order chi connectivity index (χ0) is 11.7. The maximum atomic E-state index is 13.3. The van der Waals surface area contributed by atoms with Crippen LogP contribution < -0.4 is 9.64 Å². The first-order chi connectivity index (χ1) is 7.63. The van der Waals surface area contributed by atoms with Crippen molar-refractivity contribution in [2.24, 2.45) is 0 Å². The normalized spacial score (nSPS) is 14.3. The maximum absolute atomic E-state index is 13.3. The number of fused-ring (bicyclic) bond motifs is 1. The van der Waals surface area contributed by atoms with Crippen molar-refractivity contribution < 1.29 is 18.3 Å². The maximum Gasteiger partial charge on any atom is 0.242 e. The number of carbonyl (C=O) groups excluding carboxylic acids is 1. The molecule has 0 saturated carbocycles. The molecule has 0 bridgehead atoms. The molecule has 86 valence electrons. The van der Waals surface area contributed by atoms with Gasteiger partial charge in [-0.3, -0.25) is 4.79 Å². The number of alkyl halides is 1. The van der Waals surface area contributed by atoms with Gasteiger partial charge in [-0.05, 0) is 0 Å². The lowest BCUT2D eigenvalue weighted by molar-refractivity contribution is -0.116. The summed E-state index contributed by atoms with van der Waals surface area (Å²) in [7, 11) is 0. The number of halogens is 3. The Hall–Kier alpha value is -1.36. The van der Waals surface area contributed by atoms with Crippen molar-refractivity contribution in [2.45, 2.75) is 0 Å². The van der Waals surface area contributed by atoms with Gasteiger partial charge in [0.2, 0.25) is 5.91 Å². The van der Waals surface area contributed by atoms with Crippen LogP contribution in [-0.4, -0.2) is 24.9 Å². The zero-order valence-electron chi connectivity index (χ0n) is 8.17. The van der Waals surface area contributed by atoms with Crippen LogP contribution in [0.3, 0.4) is 0 Å². The smallest absolute Gasteiger partial charge is 0.242 e. The molecule has 2 rings (SSSR count). The van der Waals surface area contributed by atoms with Gasteiger partial charge in [-0.2, -0.15) is 0 Å². The highest BCUT2D eigenvalue weighted by Gasteiger charge is 2.26. The van der Waals surface area contributed by atoms with Gasteiger partial charge in [0.25, 0.3) is 0 Å². The lowest BCUT2D eigenvalue weighted by Crippen LogP contribution is -2.39. The number of hydrogen-bond donors (Lipinski definition) is 0. The first-order valence-corrected chi connectivity index (χ1v) is 5.15. The van der Waals surface area contributed by atoms with Gasteiger partial charge in [0.15, 0.2) is 11.6 Å². The number of nitrogens with zero attached hydrogens (tertiary/aromatic N) is 1. The molecule has 6 heteroatoms. The summed E-state index contributed by atoms with van der Waals surface area (Å²) < 4.78 is 31.4. The van der Waals surface area contributed by atoms with Crippen molar-refractivity contribution >= 4 is 23.2 Å². The average Bonchev–Trinajstić information content (AvgIpc) is 2.27. The summed E-state index contributed by atoms with van der Waals surface area (Å²) in [5.74, 6) is -2.32. The molecule has 0 N–H and O–H groups in total. The fourth-order valence-corrected chi connectivity index (χ4v) is 1.73. The number of anilines is 1. The summed E-state index contributed by atoms with van der Waals surface area (Å²) in [5, 5.41) is 0. The molecular formula is C10H8ClF2NO2. The Kier molecular flexibility index (Phi) is 2.96. The molecule has 0 aliphatic carbocycles. The molecule has 1 aromatic carbocycles. The monoisotopic (exact) mass is 247 g/mol. The van der Waals surface area contributed by atoms with Crippen LogP contribution in [0.25, 0.3) is 0 Å². The molecule has 1 amide bonds. The Morgan fingerprint density at radius 1 is 1.50 bits per heavy atom. The van der Waals surface area contributed by atoms with Gasteiger partial charge in [0, 0.05) is 12.1 Å². The van der Waals surface area contributed by atoms with Crippen LogP contribution in [0.4, 0.5) is 14.5 Å². The van der Waals surface area contributed by atoms with Crippen molar-refractivity contribution in [3.63, 3.8) is 0 Å². The first-order valence-electron chi connectivity index (χ1n) is 4.61. The van der Waals surface area contributed by atoms with Crippen molar-refractivity contribution in [1.29, 1.82) is 0 Å². The largest absolute Gasteiger partial charge is 0.486 e. The molecule has 1 aliphatic rings. The second kappa shape index (κ2) is 4.25. The molecule has 1 aliphatic heterocycles. The molecule has 1 heterocycles. The minimum atomic E-state index is -0.818. The summed E-state index contributed by atoms with van der Waals surface area (Å²) in [6, 6.07) is 1.77. The molecule has 1 aromatic rings. The van der Waals surface area contributed by atoms with E-state index in [1.165, 1.54) is 4.90 Å². The summed E-state index contributed by atoms with van der Waals surface area (Å²) in [4.78, 5) is 12.7. The van der Waals surface area contributed by atoms with E-state index in [4.69, 9.17) is 16.3 Å². The summed E-state index contributed by atoms with van der Waals surface area (Å²) in [5.41, 5.74) is 0.0920. The Labute approximate surface area is 95.6 Å². The highest BCUT2D eigenvalue weighted by molar-refractivity contribution is 6.29. The van der Waals surface area contributed by atoms with Crippen molar-refractivity contribution in [3.05, 3.63) is 23.8 Å². The summed E-state index contributed by atoms with van der Waals surface area (Å²) in [6.07, 6.45) is 0. The highest BCUT2D eigenvalue weighted by Crippen LogP contribution is 2.35. The van der Waals surface area contributed by atoms with Crippen LogP contribution in [0.1, 0.15) is 0 Å². The van der Waals surface area contributed by atoms with Gasteiger partial charge >= 0.3 is 0 Å². The number of amides is 1. The summed E-state index contributed by atoms with van der Waals surface area (Å²) >= 11 is 5.41. The van der Waals surface area contributed by atoms with Gasteiger partial charge in [0.05, 0.1) is 12.2 Å². The average molecular weight is 248 g/mol. The van der Waals surface area contributed by atoms with Gasteiger partial charge in [-0.1, -0.05) is 0 Å². The van der Waals surface area contributed by atoms with Crippen LogP contribution in [0.5, 0.6) is 5.75 Å². The molecule has 0 saturated heterocycles. The van der Waals surface area contributed by atoms with Crippen LogP contribution in [0, 0.1) is 11.6 Å². The standard InChI is InChI=1S/C10H8ClF2NO2/c11-5-9(15)14-1-2-16-10-7(13)3-6(12)4-8(10)14/h3-4H,1-2,5H2. The Balaban J connectivity index is 2.49. The molecule has 16 heavy (non-hydrogen) atoms. The van der Waals surface area contributed by atoms with Crippen LogP contribution in [-0.2, 0) is 4.79 Å². The van der Waals surface area contributed by atoms with Crippen LogP contribution in [0.15, 0.2) is 12.1 Å².